The second kappa shape index (κ2) is 15.6. The van der Waals surface area contributed by atoms with Gasteiger partial charge in [-0.3, -0.25) is 0 Å². The van der Waals surface area contributed by atoms with Gasteiger partial charge >= 0.3 is 0 Å². The molecule has 0 aliphatic heterocycles. The fourth-order valence-electron chi connectivity index (χ4n) is 6.39. The Morgan fingerprint density at radius 1 is 0.604 bits per heavy atom. The summed E-state index contributed by atoms with van der Waals surface area (Å²) in [6.45, 7) is 0.632. The zero-order valence-corrected chi connectivity index (χ0v) is 28.5. The predicted molar refractivity (Wildman–Crippen MR) is 195 cm³/mol. The van der Waals surface area contributed by atoms with E-state index in [1.165, 1.54) is 0 Å². The third-order valence-electron chi connectivity index (χ3n) is 8.80. The summed E-state index contributed by atoms with van der Waals surface area (Å²) in [5, 5.41) is 0.631. The maximum absolute atomic E-state index is 13.6. The van der Waals surface area contributed by atoms with Crippen LogP contribution in [0.4, 0.5) is 0 Å². The van der Waals surface area contributed by atoms with Crippen molar-refractivity contribution in [2.45, 2.75) is 44.3 Å². The van der Waals surface area contributed by atoms with E-state index in [2.05, 4.69) is 83.6 Å². The first-order chi connectivity index (χ1) is 23.4. The first-order valence-electron chi connectivity index (χ1n) is 16.4. The maximum atomic E-state index is 13.6. The van der Waals surface area contributed by atoms with E-state index in [9.17, 15) is 8.42 Å². The van der Waals surface area contributed by atoms with E-state index >= 15 is 0 Å². The second-order valence-electron chi connectivity index (χ2n) is 12.1. The third kappa shape index (κ3) is 7.79. The van der Waals surface area contributed by atoms with Gasteiger partial charge in [0.15, 0.2) is 0 Å². The Morgan fingerprint density at radius 3 is 1.60 bits per heavy atom. The number of nitrogens with zero attached hydrogens (tertiary/aromatic N) is 3. The monoisotopic (exact) mass is 673 g/mol. The fourth-order valence-corrected chi connectivity index (χ4v) is 8.04. The molecular formula is C41H40ClN3O2S. The average Bonchev–Trinajstić information content (AvgIpc) is 3.60. The molecule has 0 saturated carbocycles. The molecule has 0 aliphatic carbocycles. The lowest BCUT2D eigenvalue weighted by Gasteiger charge is -2.37. The van der Waals surface area contributed by atoms with Crippen molar-refractivity contribution in [1.29, 1.82) is 0 Å². The van der Waals surface area contributed by atoms with Gasteiger partial charge < -0.3 is 4.57 Å². The highest BCUT2D eigenvalue weighted by Gasteiger charge is 2.38. The highest BCUT2D eigenvalue weighted by Crippen LogP contribution is 2.40. The fraction of sp³-hybridized carbons (Fsp3) is 0.195. The summed E-state index contributed by atoms with van der Waals surface area (Å²) < 4.78 is 31.1. The summed E-state index contributed by atoms with van der Waals surface area (Å²) in [5.74, 6) is 0.0982. The van der Waals surface area contributed by atoms with Crippen LogP contribution >= 0.6 is 11.6 Å². The van der Waals surface area contributed by atoms with Crippen molar-refractivity contribution in [1.82, 2.24) is 13.9 Å². The molecule has 0 unspecified atom stereocenters. The van der Waals surface area contributed by atoms with Crippen molar-refractivity contribution in [3.8, 4) is 0 Å². The minimum absolute atomic E-state index is 0.0982. The van der Waals surface area contributed by atoms with Crippen LogP contribution in [0.25, 0.3) is 0 Å². The molecule has 0 N–H and O–H groups in total. The third-order valence-corrected chi connectivity index (χ3v) is 10.9. The highest BCUT2D eigenvalue weighted by molar-refractivity contribution is 7.89. The Balaban J connectivity index is 1.15. The van der Waals surface area contributed by atoms with Crippen molar-refractivity contribution >= 4 is 21.6 Å². The second-order valence-corrected chi connectivity index (χ2v) is 14.6. The molecule has 5 aromatic carbocycles. The van der Waals surface area contributed by atoms with E-state index in [-0.39, 0.29) is 5.75 Å². The molecule has 244 valence electrons. The number of aromatic nitrogens is 2. The van der Waals surface area contributed by atoms with Crippen LogP contribution in [0.5, 0.6) is 0 Å². The van der Waals surface area contributed by atoms with Crippen LogP contribution in [0.2, 0.25) is 5.02 Å². The Hall–Kier alpha value is -4.49. The summed E-state index contributed by atoms with van der Waals surface area (Å²) in [5.41, 5.74) is 5.70. The van der Waals surface area contributed by atoms with E-state index in [1.807, 2.05) is 67.0 Å². The quantitative estimate of drug-likeness (QED) is 0.0807. The number of aryl methyl sites for hydroxylation is 1. The number of sulfonamides is 1. The van der Waals surface area contributed by atoms with Crippen LogP contribution in [0, 0.1) is 0 Å². The van der Waals surface area contributed by atoms with E-state index in [4.69, 9.17) is 16.6 Å². The molecule has 5 nitrogen and oxygen atoms in total. The van der Waals surface area contributed by atoms with Crippen molar-refractivity contribution in [3.63, 3.8) is 0 Å². The van der Waals surface area contributed by atoms with Crippen molar-refractivity contribution in [2.75, 3.05) is 5.75 Å². The van der Waals surface area contributed by atoms with Crippen LogP contribution in [0.15, 0.2) is 158 Å². The van der Waals surface area contributed by atoms with Gasteiger partial charge in [0.2, 0.25) is 10.0 Å². The summed E-state index contributed by atoms with van der Waals surface area (Å²) in [4.78, 5) is 4.86. The molecule has 6 aromatic rings. The molecule has 0 bridgehead atoms. The van der Waals surface area contributed by atoms with Crippen LogP contribution in [-0.2, 0) is 35.1 Å². The molecule has 6 rings (SSSR count). The lowest BCUT2D eigenvalue weighted by Crippen LogP contribution is -2.36. The van der Waals surface area contributed by atoms with E-state index in [1.54, 1.807) is 16.4 Å². The molecule has 0 atom stereocenters. The van der Waals surface area contributed by atoms with Gasteiger partial charge in [0.05, 0.1) is 17.8 Å². The SMILES string of the molecule is O=S(=O)(CCCCCc1cn(C(c2ccccc2)(c2ccccc2)c2ccccc2)cn1)N(Cc1ccccc1)Cc1ccc(Cl)cc1. The average molecular weight is 674 g/mol. The van der Waals surface area contributed by atoms with Crippen molar-refractivity contribution in [3.05, 3.63) is 197 Å². The Labute approximate surface area is 289 Å². The molecule has 0 aliphatic rings. The summed E-state index contributed by atoms with van der Waals surface area (Å²) in [7, 11) is -3.50. The lowest BCUT2D eigenvalue weighted by atomic mass is 9.77. The van der Waals surface area contributed by atoms with E-state index in [0.29, 0.717) is 24.5 Å². The molecule has 0 radical (unpaired) electrons. The summed E-state index contributed by atoms with van der Waals surface area (Å²) in [6.07, 6.45) is 7.06. The van der Waals surface area contributed by atoms with Crippen LogP contribution in [-0.4, -0.2) is 28.0 Å². The number of hydrogen-bond donors (Lipinski definition) is 0. The van der Waals surface area contributed by atoms with Gasteiger partial charge in [0.25, 0.3) is 0 Å². The van der Waals surface area contributed by atoms with Gasteiger partial charge in [0.1, 0.15) is 5.54 Å². The minimum Gasteiger partial charge on any atom is -0.319 e. The largest absolute Gasteiger partial charge is 0.319 e. The Kier molecular flexibility index (Phi) is 10.9. The molecule has 1 heterocycles. The normalized spacial score (nSPS) is 12.0. The molecule has 48 heavy (non-hydrogen) atoms. The van der Waals surface area contributed by atoms with Gasteiger partial charge in [-0.15, -0.1) is 0 Å². The first-order valence-corrected chi connectivity index (χ1v) is 18.4. The van der Waals surface area contributed by atoms with Gasteiger partial charge in [-0.1, -0.05) is 151 Å². The zero-order chi connectivity index (χ0) is 33.2. The van der Waals surface area contributed by atoms with E-state index < -0.39 is 15.6 Å². The lowest BCUT2D eigenvalue weighted by molar-refractivity contribution is 0.400. The smallest absolute Gasteiger partial charge is 0.214 e. The highest BCUT2D eigenvalue weighted by atomic mass is 35.5. The van der Waals surface area contributed by atoms with Crippen LogP contribution in [0.1, 0.15) is 52.8 Å². The van der Waals surface area contributed by atoms with Crippen molar-refractivity contribution in [2.24, 2.45) is 0 Å². The molecular weight excluding hydrogens is 634 g/mol. The maximum Gasteiger partial charge on any atom is 0.214 e. The standard InChI is InChI=1S/C41H40ClN3O2S/c42-39-27-25-35(26-28-39)31-45(30-34-16-6-1-7-17-34)48(46,47)29-15-5-14-24-40-32-44(33-43-40)41(36-18-8-2-9-19-36,37-20-10-3-11-21-37)38-22-12-4-13-23-38/h1-4,6-13,16-23,25-28,32-33H,5,14-15,24,29-31H2. The van der Waals surface area contributed by atoms with Crippen LogP contribution < -0.4 is 0 Å². The molecule has 7 heteroatoms. The number of rotatable bonds is 15. The van der Waals surface area contributed by atoms with Gasteiger partial charge in [-0.25, -0.2) is 13.4 Å². The number of benzene rings is 5. The van der Waals surface area contributed by atoms with Gasteiger partial charge in [0, 0.05) is 24.3 Å². The minimum atomic E-state index is -3.50. The molecule has 0 spiro atoms. The van der Waals surface area contributed by atoms with Gasteiger partial charge in [-0.2, -0.15) is 4.31 Å². The predicted octanol–water partition coefficient (Wildman–Crippen LogP) is 9.12. The number of hydrogen-bond acceptors (Lipinski definition) is 3. The summed E-state index contributed by atoms with van der Waals surface area (Å²) in [6, 6.07) is 48.8. The zero-order valence-electron chi connectivity index (χ0n) is 26.9. The number of unbranched alkanes of at least 4 members (excludes halogenated alkanes) is 2. The topological polar surface area (TPSA) is 55.2 Å². The van der Waals surface area contributed by atoms with Gasteiger partial charge in [-0.05, 0) is 59.2 Å². The first kappa shape index (κ1) is 33.4. The molecule has 0 saturated heterocycles. The molecule has 1 aromatic heterocycles. The molecule has 0 amide bonds. The van der Waals surface area contributed by atoms with Crippen molar-refractivity contribution < 1.29 is 8.42 Å². The molecule has 0 fully saturated rings. The summed E-state index contributed by atoms with van der Waals surface area (Å²) >= 11 is 6.08. The Bertz CT molecular complexity index is 1870. The van der Waals surface area contributed by atoms with Crippen LogP contribution in [0.3, 0.4) is 0 Å². The number of halogens is 1. The number of imidazole rings is 1. The van der Waals surface area contributed by atoms with E-state index in [0.717, 1.165) is 52.8 Å². The Morgan fingerprint density at radius 2 is 1.08 bits per heavy atom.